The highest BCUT2D eigenvalue weighted by Gasteiger charge is 2.18. The molecule has 0 aliphatic rings. The Morgan fingerprint density at radius 2 is 1.84 bits per heavy atom. The second-order valence-electron chi connectivity index (χ2n) is 7.24. The Balaban J connectivity index is 1.58. The molecular formula is C22H21N3O4S2. The third-order valence-corrected chi connectivity index (χ3v) is 7.28. The van der Waals surface area contributed by atoms with E-state index in [0.29, 0.717) is 34.1 Å². The number of anilines is 1. The fourth-order valence-corrected chi connectivity index (χ4v) is 5.55. The van der Waals surface area contributed by atoms with Crippen LogP contribution in [0.15, 0.2) is 73.7 Å². The summed E-state index contributed by atoms with van der Waals surface area (Å²) in [5.41, 5.74) is 2.90. The van der Waals surface area contributed by atoms with E-state index in [1.54, 1.807) is 44.2 Å². The van der Waals surface area contributed by atoms with Gasteiger partial charge in [0.15, 0.2) is 5.65 Å². The van der Waals surface area contributed by atoms with Gasteiger partial charge in [-0.05, 0) is 44.5 Å². The van der Waals surface area contributed by atoms with E-state index in [2.05, 4.69) is 9.71 Å². The molecule has 0 saturated carbocycles. The lowest BCUT2D eigenvalue weighted by atomic mass is 10.2. The second kappa shape index (κ2) is 8.24. The summed E-state index contributed by atoms with van der Waals surface area (Å²) in [6, 6.07) is 15.5. The van der Waals surface area contributed by atoms with Crippen molar-refractivity contribution < 1.29 is 12.9 Å². The third-order valence-electron chi connectivity index (χ3n) is 4.65. The molecule has 2 aromatic heterocycles. The van der Waals surface area contributed by atoms with Crippen LogP contribution >= 0.6 is 11.8 Å². The molecule has 0 fully saturated rings. The number of nitrogens with one attached hydrogen (secondary N) is 1. The van der Waals surface area contributed by atoms with Crippen LogP contribution in [0.5, 0.6) is 0 Å². The number of aryl methyl sites for hydroxylation is 3. The number of thioether (sulfide) groups is 1. The quantitative estimate of drug-likeness (QED) is 0.436. The van der Waals surface area contributed by atoms with Gasteiger partial charge in [-0.1, -0.05) is 29.8 Å². The van der Waals surface area contributed by atoms with Crippen molar-refractivity contribution in [1.82, 2.24) is 9.56 Å². The van der Waals surface area contributed by atoms with Crippen molar-refractivity contribution in [2.24, 2.45) is 0 Å². The van der Waals surface area contributed by atoms with Crippen LogP contribution in [0, 0.1) is 20.8 Å². The maximum atomic E-state index is 13.0. The molecule has 4 aromatic rings. The molecular weight excluding hydrogens is 434 g/mol. The molecule has 0 aliphatic heterocycles. The van der Waals surface area contributed by atoms with E-state index in [1.165, 1.54) is 17.8 Å². The normalized spacial score (nSPS) is 11.7. The predicted octanol–water partition coefficient (Wildman–Crippen LogP) is 4.31. The van der Waals surface area contributed by atoms with Crippen LogP contribution < -0.4 is 10.3 Å². The largest absolute Gasteiger partial charge is 0.375 e. The number of hydrogen-bond donors (Lipinski definition) is 1. The first-order valence-electron chi connectivity index (χ1n) is 9.54. The fraction of sp³-hybridized carbons (Fsp3) is 0.182. The summed E-state index contributed by atoms with van der Waals surface area (Å²) < 4.78 is 35.1. The van der Waals surface area contributed by atoms with Gasteiger partial charge in [0.2, 0.25) is 0 Å². The molecule has 0 unspecified atom stereocenters. The van der Waals surface area contributed by atoms with Crippen molar-refractivity contribution in [2.75, 3.05) is 4.72 Å². The van der Waals surface area contributed by atoms with Gasteiger partial charge in [0.1, 0.15) is 5.76 Å². The second-order valence-corrected chi connectivity index (χ2v) is 9.91. The first-order valence-corrected chi connectivity index (χ1v) is 12.0. The van der Waals surface area contributed by atoms with Gasteiger partial charge in [-0.2, -0.15) is 0 Å². The minimum Gasteiger partial charge on any atom is -0.375 e. The molecule has 0 saturated heterocycles. The first-order chi connectivity index (χ1) is 14.7. The summed E-state index contributed by atoms with van der Waals surface area (Å²) in [7, 11) is -3.74. The maximum absolute atomic E-state index is 13.0. The molecule has 2 aromatic carbocycles. The lowest BCUT2D eigenvalue weighted by Gasteiger charge is -2.14. The molecule has 1 N–H and O–H groups in total. The van der Waals surface area contributed by atoms with E-state index < -0.39 is 10.0 Å². The van der Waals surface area contributed by atoms with Crippen molar-refractivity contribution in [3.63, 3.8) is 0 Å². The molecule has 31 heavy (non-hydrogen) atoms. The highest BCUT2D eigenvalue weighted by molar-refractivity contribution is 7.98. The van der Waals surface area contributed by atoms with Crippen LogP contribution in [0.1, 0.15) is 22.6 Å². The number of benzene rings is 2. The number of fused-ring (bicyclic) bond motifs is 1. The summed E-state index contributed by atoms with van der Waals surface area (Å²) in [5, 5.41) is 0. The first kappa shape index (κ1) is 21.2. The fourth-order valence-electron chi connectivity index (χ4n) is 3.28. The van der Waals surface area contributed by atoms with Crippen LogP contribution in [-0.2, 0) is 15.8 Å². The highest BCUT2D eigenvalue weighted by Crippen LogP contribution is 2.31. The number of aromatic nitrogens is 2. The molecule has 7 nitrogen and oxygen atoms in total. The van der Waals surface area contributed by atoms with Crippen molar-refractivity contribution >= 4 is 33.1 Å². The Bertz CT molecular complexity index is 1440. The number of nitrogens with zero attached hydrogens (tertiary/aromatic N) is 2. The highest BCUT2D eigenvalue weighted by atomic mass is 32.2. The van der Waals surface area contributed by atoms with Crippen molar-refractivity contribution in [1.29, 1.82) is 0 Å². The lowest BCUT2D eigenvalue weighted by Crippen LogP contribution is -2.15. The van der Waals surface area contributed by atoms with E-state index in [4.69, 9.17) is 4.52 Å². The van der Waals surface area contributed by atoms with Crippen LogP contribution in [-0.4, -0.2) is 18.0 Å². The van der Waals surface area contributed by atoms with Crippen molar-refractivity contribution in [2.45, 2.75) is 36.3 Å². The smallest absolute Gasteiger partial charge is 0.287 e. The van der Waals surface area contributed by atoms with Crippen molar-refractivity contribution in [3.05, 3.63) is 87.5 Å². The van der Waals surface area contributed by atoms with E-state index in [1.807, 2.05) is 25.1 Å². The third kappa shape index (κ3) is 4.52. The number of sulfonamides is 1. The summed E-state index contributed by atoms with van der Waals surface area (Å²) in [4.78, 5) is 17.7. The molecule has 4 rings (SSSR count). The zero-order valence-corrected chi connectivity index (χ0v) is 18.9. The molecule has 160 valence electrons. The van der Waals surface area contributed by atoms with Crippen LogP contribution in [0.2, 0.25) is 0 Å². The van der Waals surface area contributed by atoms with Gasteiger partial charge in [-0.25, -0.2) is 13.4 Å². The number of rotatable bonds is 6. The van der Waals surface area contributed by atoms with Crippen LogP contribution in [0.4, 0.5) is 5.69 Å². The number of hydrogen-bond acceptors (Lipinski definition) is 6. The summed E-state index contributed by atoms with van der Waals surface area (Å²) in [5.74, 6) is 0.999. The van der Waals surface area contributed by atoms with Gasteiger partial charge in [-0.15, -0.1) is 16.3 Å². The molecule has 0 radical (unpaired) electrons. The Hall–Kier alpha value is -3.04. The minimum absolute atomic E-state index is 0.244. The van der Waals surface area contributed by atoms with Crippen LogP contribution in [0.25, 0.3) is 5.65 Å². The summed E-state index contributed by atoms with van der Waals surface area (Å²) >= 11 is 1.40. The average molecular weight is 456 g/mol. The van der Waals surface area contributed by atoms with Crippen LogP contribution in [0.3, 0.4) is 0 Å². The maximum Gasteiger partial charge on any atom is 0.287 e. The van der Waals surface area contributed by atoms with Gasteiger partial charge < -0.3 is 4.52 Å². The van der Waals surface area contributed by atoms with E-state index in [0.717, 1.165) is 15.0 Å². The Labute approximate surface area is 184 Å². The van der Waals surface area contributed by atoms with Gasteiger partial charge in [0, 0.05) is 22.8 Å². The number of para-hydroxylation sites is 1. The van der Waals surface area contributed by atoms with E-state index in [-0.39, 0.29) is 10.5 Å². The SMILES string of the molecule is Cc1ccc(S(=O)(=O)Nc2ccccc2SCc2cc(=O)n3oc(C)cc3n2)c(C)c1. The minimum atomic E-state index is -3.74. The van der Waals surface area contributed by atoms with Gasteiger partial charge >= 0.3 is 0 Å². The monoisotopic (exact) mass is 455 g/mol. The van der Waals surface area contributed by atoms with Gasteiger partial charge in [0.05, 0.1) is 16.3 Å². The molecule has 2 heterocycles. The van der Waals surface area contributed by atoms with Gasteiger partial charge in [0.25, 0.3) is 15.6 Å². The summed E-state index contributed by atoms with van der Waals surface area (Å²) in [6.07, 6.45) is 0. The molecule has 0 bridgehead atoms. The summed E-state index contributed by atoms with van der Waals surface area (Å²) in [6.45, 7) is 5.45. The molecule has 0 amide bonds. The Morgan fingerprint density at radius 3 is 2.61 bits per heavy atom. The standard InChI is InChI=1S/C22H21N3O4S2/c1-14-8-9-20(15(2)10-14)31(27,28)24-18-6-4-5-7-19(18)30-13-17-12-22(26)25-21(23-17)11-16(3)29-25/h4-12,24H,13H2,1-3H3. The van der Waals surface area contributed by atoms with E-state index in [9.17, 15) is 13.2 Å². The van der Waals surface area contributed by atoms with Crippen molar-refractivity contribution in [3.8, 4) is 0 Å². The van der Waals surface area contributed by atoms with Gasteiger partial charge in [-0.3, -0.25) is 9.52 Å². The lowest BCUT2D eigenvalue weighted by molar-refractivity contribution is 0.344. The average Bonchev–Trinajstić information content (AvgIpc) is 3.07. The molecule has 0 atom stereocenters. The Morgan fingerprint density at radius 1 is 1.06 bits per heavy atom. The zero-order chi connectivity index (χ0) is 22.2. The predicted molar refractivity (Wildman–Crippen MR) is 121 cm³/mol. The zero-order valence-electron chi connectivity index (χ0n) is 17.2. The topological polar surface area (TPSA) is 93.7 Å². The molecule has 9 heteroatoms. The van der Waals surface area contributed by atoms with E-state index >= 15 is 0 Å². The molecule has 0 aliphatic carbocycles. The molecule has 0 spiro atoms. The Kier molecular flexibility index (Phi) is 5.63.